The molecule has 0 radical (unpaired) electrons. The molecule has 0 aliphatic rings. The number of ether oxygens (including phenoxy) is 1. The lowest BCUT2D eigenvalue weighted by Gasteiger charge is -2.11. The molecule has 0 aliphatic carbocycles. The van der Waals surface area contributed by atoms with Crippen LogP contribution in [-0.2, 0) is 6.18 Å². The Hall–Kier alpha value is -2.51. The van der Waals surface area contributed by atoms with Crippen LogP contribution in [0, 0.1) is 0 Å². The fourth-order valence-corrected chi connectivity index (χ4v) is 1.52. The minimum atomic E-state index is -4.58. The predicted molar refractivity (Wildman–Crippen MR) is 67.7 cm³/mol. The van der Waals surface area contributed by atoms with Crippen molar-refractivity contribution in [1.29, 1.82) is 0 Å². The molecular formula is C12H11F3N4O. The van der Waals surface area contributed by atoms with Gasteiger partial charge in [0.15, 0.2) is 5.69 Å². The van der Waals surface area contributed by atoms with E-state index in [0.29, 0.717) is 11.4 Å². The third kappa shape index (κ3) is 3.28. The molecule has 8 heteroatoms. The smallest absolute Gasteiger partial charge is 0.433 e. The van der Waals surface area contributed by atoms with Crippen molar-refractivity contribution in [2.45, 2.75) is 6.18 Å². The van der Waals surface area contributed by atoms with Gasteiger partial charge in [-0.2, -0.15) is 18.2 Å². The summed E-state index contributed by atoms with van der Waals surface area (Å²) in [6, 6.07) is 7.46. The molecule has 20 heavy (non-hydrogen) atoms. The zero-order valence-corrected chi connectivity index (χ0v) is 10.4. The second-order valence-corrected chi connectivity index (χ2v) is 3.85. The molecule has 0 fully saturated rings. The van der Waals surface area contributed by atoms with E-state index in [-0.39, 0.29) is 5.82 Å². The quantitative estimate of drug-likeness (QED) is 0.906. The van der Waals surface area contributed by atoms with Gasteiger partial charge in [0.1, 0.15) is 11.6 Å². The Morgan fingerprint density at radius 1 is 1.20 bits per heavy atom. The molecule has 1 aromatic heterocycles. The van der Waals surface area contributed by atoms with E-state index in [1.54, 1.807) is 24.3 Å². The molecular weight excluding hydrogens is 273 g/mol. The number of methoxy groups -OCH3 is 1. The number of nitrogens with one attached hydrogen (secondary N) is 1. The summed E-state index contributed by atoms with van der Waals surface area (Å²) in [5.74, 6) is 0.0661. The van der Waals surface area contributed by atoms with Crippen LogP contribution in [0.5, 0.6) is 5.75 Å². The maximum Gasteiger partial charge on any atom is 0.433 e. The second kappa shape index (κ2) is 5.24. The van der Waals surface area contributed by atoms with E-state index in [1.165, 1.54) is 7.11 Å². The Morgan fingerprint density at radius 3 is 2.60 bits per heavy atom. The zero-order valence-electron chi connectivity index (χ0n) is 10.4. The Balaban J connectivity index is 2.31. The van der Waals surface area contributed by atoms with E-state index in [4.69, 9.17) is 10.5 Å². The lowest BCUT2D eigenvalue weighted by Crippen LogP contribution is -2.12. The van der Waals surface area contributed by atoms with Crippen LogP contribution in [0.25, 0.3) is 0 Å². The third-order valence-electron chi connectivity index (χ3n) is 2.38. The molecule has 0 spiro atoms. The van der Waals surface area contributed by atoms with Gasteiger partial charge in [0.05, 0.1) is 7.11 Å². The number of alkyl halides is 3. The minimum absolute atomic E-state index is 0.0434. The largest absolute Gasteiger partial charge is 0.497 e. The lowest BCUT2D eigenvalue weighted by atomic mass is 10.3. The normalized spacial score (nSPS) is 11.2. The number of nitrogens with zero attached hydrogens (tertiary/aromatic N) is 2. The maximum absolute atomic E-state index is 12.6. The number of benzene rings is 1. The highest BCUT2D eigenvalue weighted by Gasteiger charge is 2.33. The predicted octanol–water partition coefficient (Wildman–Crippen LogP) is 2.83. The van der Waals surface area contributed by atoms with E-state index >= 15 is 0 Å². The molecule has 0 amide bonds. The Kier molecular flexibility index (Phi) is 3.64. The van der Waals surface area contributed by atoms with Gasteiger partial charge in [0, 0.05) is 17.8 Å². The zero-order chi connectivity index (χ0) is 14.8. The second-order valence-electron chi connectivity index (χ2n) is 3.85. The van der Waals surface area contributed by atoms with Crippen molar-refractivity contribution in [3.05, 3.63) is 36.0 Å². The molecule has 0 aliphatic heterocycles. The summed E-state index contributed by atoms with van der Waals surface area (Å²) in [6.07, 6.45) is -4.58. The van der Waals surface area contributed by atoms with Gasteiger partial charge in [-0.25, -0.2) is 4.98 Å². The van der Waals surface area contributed by atoms with Crippen LogP contribution in [0.2, 0.25) is 0 Å². The average Bonchev–Trinajstić information content (AvgIpc) is 2.37. The SMILES string of the molecule is COc1cccc(Nc2cc(C(F)(F)F)nc(N)n2)c1. The lowest BCUT2D eigenvalue weighted by molar-refractivity contribution is -0.141. The summed E-state index contributed by atoms with van der Waals surface area (Å²) >= 11 is 0. The van der Waals surface area contributed by atoms with Crippen LogP contribution >= 0.6 is 0 Å². The van der Waals surface area contributed by atoms with E-state index in [0.717, 1.165) is 6.07 Å². The molecule has 0 saturated carbocycles. The molecule has 2 rings (SSSR count). The van der Waals surface area contributed by atoms with Crippen LogP contribution in [0.4, 0.5) is 30.6 Å². The number of aromatic nitrogens is 2. The van der Waals surface area contributed by atoms with E-state index < -0.39 is 17.8 Å². The van der Waals surface area contributed by atoms with Gasteiger partial charge >= 0.3 is 6.18 Å². The number of nitrogen functional groups attached to an aromatic ring is 1. The molecule has 0 bridgehead atoms. The summed E-state index contributed by atoms with van der Waals surface area (Å²) in [5.41, 5.74) is 4.70. The topological polar surface area (TPSA) is 73.1 Å². The summed E-state index contributed by atoms with van der Waals surface area (Å²) in [7, 11) is 1.49. The summed E-state index contributed by atoms with van der Waals surface area (Å²) < 4.78 is 42.9. The number of anilines is 3. The summed E-state index contributed by atoms with van der Waals surface area (Å²) in [6.45, 7) is 0. The van der Waals surface area contributed by atoms with Crippen LogP contribution < -0.4 is 15.8 Å². The Bertz CT molecular complexity index is 616. The van der Waals surface area contributed by atoms with Gasteiger partial charge < -0.3 is 15.8 Å². The highest BCUT2D eigenvalue weighted by atomic mass is 19.4. The first-order chi connectivity index (χ1) is 9.38. The van der Waals surface area contributed by atoms with Crippen LogP contribution in [0.15, 0.2) is 30.3 Å². The van der Waals surface area contributed by atoms with Gasteiger partial charge in [-0.3, -0.25) is 0 Å². The first kappa shape index (κ1) is 13.9. The minimum Gasteiger partial charge on any atom is -0.497 e. The van der Waals surface area contributed by atoms with Gasteiger partial charge in [0.25, 0.3) is 0 Å². The molecule has 106 valence electrons. The number of halogens is 3. The fourth-order valence-electron chi connectivity index (χ4n) is 1.52. The van der Waals surface area contributed by atoms with Crippen LogP contribution in [-0.4, -0.2) is 17.1 Å². The summed E-state index contributed by atoms with van der Waals surface area (Å²) in [4.78, 5) is 6.87. The van der Waals surface area contributed by atoms with Gasteiger partial charge in [-0.15, -0.1) is 0 Å². The Morgan fingerprint density at radius 2 is 1.95 bits per heavy atom. The number of rotatable bonds is 3. The van der Waals surface area contributed by atoms with Gasteiger partial charge in [0.2, 0.25) is 5.95 Å². The highest BCUT2D eigenvalue weighted by Crippen LogP contribution is 2.30. The number of nitrogens with two attached hydrogens (primary N) is 1. The van der Waals surface area contributed by atoms with Crippen molar-refractivity contribution < 1.29 is 17.9 Å². The maximum atomic E-state index is 12.6. The van der Waals surface area contributed by atoms with Crippen LogP contribution in [0.1, 0.15) is 5.69 Å². The van der Waals surface area contributed by atoms with E-state index in [1.807, 2.05) is 0 Å². The standard InChI is InChI=1S/C12H11F3N4O/c1-20-8-4-2-3-7(5-8)17-10-6-9(12(13,14)15)18-11(16)19-10/h2-6H,1H3,(H3,16,17,18,19). The average molecular weight is 284 g/mol. The van der Waals surface area contributed by atoms with Gasteiger partial charge in [-0.1, -0.05) is 6.07 Å². The van der Waals surface area contributed by atoms with Crippen molar-refractivity contribution in [2.75, 3.05) is 18.2 Å². The molecule has 0 atom stereocenters. The third-order valence-corrected chi connectivity index (χ3v) is 2.38. The van der Waals surface area contributed by atoms with Crippen molar-refractivity contribution >= 4 is 17.5 Å². The van der Waals surface area contributed by atoms with Crippen LogP contribution in [0.3, 0.4) is 0 Å². The molecule has 0 saturated heterocycles. The highest BCUT2D eigenvalue weighted by molar-refractivity contribution is 5.59. The molecule has 0 unspecified atom stereocenters. The molecule has 1 aromatic carbocycles. The molecule has 2 aromatic rings. The van der Waals surface area contributed by atoms with Crippen molar-refractivity contribution in [1.82, 2.24) is 9.97 Å². The monoisotopic (exact) mass is 284 g/mol. The first-order valence-electron chi connectivity index (χ1n) is 5.51. The van der Waals surface area contributed by atoms with Gasteiger partial charge in [-0.05, 0) is 12.1 Å². The first-order valence-corrected chi connectivity index (χ1v) is 5.51. The number of hydrogen-bond acceptors (Lipinski definition) is 5. The Labute approximate surface area is 112 Å². The molecule has 3 N–H and O–H groups in total. The van der Waals surface area contributed by atoms with Crippen molar-refractivity contribution in [3.63, 3.8) is 0 Å². The molecule has 5 nitrogen and oxygen atoms in total. The fraction of sp³-hybridized carbons (Fsp3) is 0.167. The molecule has 1 heterocycles. The van der Waals surface area contributed by atoms with E-state index in [9.17, 15) is 13.2 Å². The van der Waals surface area contributed by atoms with E-state index in [2.05, 4.69) is 15.3 Å². The van der Waals surface area contributed by atoms with Crippen molar-refractivity contribution in [3.8, 4) is 5.75 Å². The summed E-state index contributed by atoms with van der Waals surface area (Å²) in [5, 5.41) is 2.72. The van der Waals surface area contributed by atoms with Crippen molar-refractivity contribution in [2.24, 2.45) is 0 Å². The number of hydrogen-bond donors (Lipinski definition) is 2.